The molecule has 0 unspecified atom stereocenters. The van der Waals surface area contributed by atoms with Gasteiger partial charge in [-0.3, -0.25) is 0 Å². The van der Waals surface area contributed by atoms with Crippen molar-refractivity contribution in [2.75, 3.05) is 0 Å². The first-order chi connectivity index (χ1) is 11.2. The van der Waals surface area contributed by atoms with Crippen LogP contribution in [0.1, 0.15) is 17.0 Å². The summed E-state index contributed by atoms with van der Waals surface area (Å²) < 4.78 is 10.2. The van der Waals surface area contributed by atoms with Crippen molar-refractivity contribution in [2.45, 2.75) is 13.5 Å². The molecule has 0 N–H and O–H groups in total. The Balaban J connectivity index is 1.55. The Morgan fingerprint density at radius 3 is 3.09 bits per heavy atom. The maximum Gasteiger partial charge on any atom is 0.331 e. The summed E-state index contributed by atoms with van der Waals surface area (Å²) in [5, 5.41) is 7.70. The van der Waals surface area contributed by atoms with E-state index in [1.807, 2.05) is 48.0 Å². The van der Waals surface area contributed by atoms with Crippen molar-refractivity contribution in [3.63, 3.8) is 0 Å². The highest BCUT2D eigenvalue weighted by atomic mass is 32.1. The van der Waals surface area contributed by atoms with Gasteiger partial charge >= 0.3 is 5.97 Å². The van der Waals surface area contributed by atoms with Gasteiger partial charge in [0.05, 0.1) is 0 Å². The predicted octanol–water partition coefficient (Wildman–Crippen LogP) is 3.86. The van der Waals surface area contributed by atoms with Crippen LogP contribution in [0.4, 0.5) is 0 Å². The van der Waals surface area contributed by atoms with E-state index in [1.165, 1.54) is 6.08 Å². The smallest absolute Gasteiger partial charge is 0.331 e. The summed E-state index contributed by atoms with van der Waals surface area (Å²) >= 11 is 1.55. The number of esters is 1. The molecule has 0 fully saturated rings. The van der Waals surface area contributed by atoms with E-state index in [0.717, 1.165) is 16.7 Å². The normalized spacial score (nSPS) is 11.0. The lowest BCUT2D eigenvalue weighted by Gasteiger charge is -1.97. The first-order valence-electron chi connectivity index (χ1n) is 6.97. The van der Waals surface area contributed by atoms with Gasteiger partial charge in [-0.15, -0.1) is 0 Å². The van der Waals surface area contributed by atoms with Gasteiger partial charge in [0.2, 0.25) is 5.82 Å². The average molecular weight is 326 g/mol. The lowest BCUT2D eigenvalue weighted by Crippen LogP contribution is -2.00. The zero-order valence-corrected chi connectivity index (χ0v) is 13.2. The third-order valence-corrected chi connectivity index (χ3v) is 3.72. The van der Waals surface area contributed by atoms with Crippen molar-refractivity contribution in [1.29, 1.82) is 0 Å². The van der Waals surface area contributed by atoms with Crippen LogP contribution in [0.2, 0.25) is 0 Å². The average Bonchev–Trinajstić information content (AvgIpc) is 3.22. The predicted molar refractivity (Wildman–Crippen MR) is 87.6 cm³/mol. The van der Waals surface area contributed by atoms with E-state index in [9.17, 15) is 4.79 Å². The molecule has 0 aliphatic heterocycles. The van der Waals surface area contributed by atoms with Crippen LogP contribution in [0.5, 0.6) is 0 Å². The van der Waals surface area contributed by atoms with Gasteiger partial charge in [0.1, 0.15) is 0 Å². The number of benzene rings is 1. The fourth-order valence-corrected chi connectivity index (χ4v) is 2.58. The topological polar surface area (TPSA) is 65.2 Å². The first-order valence-corrected chi connectivity index (χ1v) is 7.91. The van der Waals surface area contributed by atoms with Gasteiger partial charge < -0.3 is 9.26 Å². The second-order valence-electron chi connectivity index (χ2n) is 4.88. The van der Waals surface area contributed by atoms with E-state index in [4.69, 9.17) is 9.26 Å². The third kappa shape index (κ3) is 4.14. The van der Waals surface area contributed by atoms with Crippen LogP contribution in [-0.2, 0) is 16.1 Å². The highest BCUT2D eigenvalue weighted by Crippen LogP contribution is 2.18. The Bertz CT molecular complexity index is 822. The Kier molecular flexibility index (Phi) is 4.63. The first kappa shape index (κ1) is 15.2. The molecule has 0 aliphatic carbocycles. The molecule has 3 rings (SSSR count). The summed E-state index contributed by atoms with van der Waals surface area (Å²) in [5.74, 6) is 0.304. The van der Waals surface area contributed by atoms with Gasteiger partial charge in [-0.25, -0.2) is 4.79 Å². The number of nitrogens with zero attached hydrogens (tertiary/aromatic N) is 2. The summed E-state index contributed by atoms with van der Waals surface area (Å²) in [4.78, 5) is 15.9. The van der Waals surface area contributed by atoms with Crippen molar-refractivity contribution in [1.82, 2.24) is 10.1 Å². The molecule has 2 heterocycles. The number of rotatable bonds is 5. The largest absolute Gasteiger partial charge is 0.452 e. The molecular weight excluding hydrogens is 312 g/mol. The van der Waals surface area contributed by atoms with Crippen molar-refractivity contribution in [3.05, 3.63) is 64.2 Å². The Labute approximate surface area is 137 Å². The number of hydrogen-bond donors (Lipinski definition) is 0. The van der Waals surface area contributed by atoms with Gasteiger partial charge in [0.25, 0.3) is 5.89 Å². The number of ether oxygens (including phenoxy) is 1. The summed E-state index contributed by atoms with van der Waals surface area (Å²) in [6.07, 6.45) is 3.09. The van der Waals surface area contributed by atoms with Gasteiger partial charge in [-0.2, -0.15) is 16.3 Å². The van der Waals surface area contributed by atoms with Crippen molar-refractivity contribution < 1.29 is 14.1 Å². The monoisotopic (exact) mass is 326 g/mol. The van der Waals surface area contributed by atoms with Crippen LogP contribution in [0.15, 0.2) is 51.7 Å². The molecule has 23 heavy (non-hydrogen) atoms. The van der Waals surface area contributed by atoms with Crippen molar-refractivity contribution in [2.24, 2.45) is 0 Å². The summed E-state index contributed by atoms with van der Waals surface area (Å²) in [5.41, 5.74) is 2.96. The Morgan fingerprint density at radius 2 is 2.30 bits per heavy atom. The van der Waals surface area contributed by atoms with E-state index >= 15 is 0 Å². The van der Waals surface area contributed by atoms with Crippen LogP contribution in [0, 0.1) is 6.92 Å². The SMILES string of the molecule is Cc1cccc(/C=C/C(=O)OCc2nc(-c3ccsc3)no2)c1. The molecule has 116 valence electrons. The molecule has 0 atom stereocenters. The molecule has 6 heteroatoms. The maximum atomic E-state index is 11.7. The standard InChI is InChI=1S/C17H14N2O3S/c1-12-3-2-4-13(9-12)5-6-16(20)21-10-15-18-17(19-22-15)14-7-8-23-11-14/h2-9,11H,10H2,1H3/b6-5+. The number of aryl methyl sites for hydroxylation is 1. The summed E-state index contributed by atoms with van der Waals surface area (Å²) in [6, 6.07) is 9.73. The highest BCUT2D eigenvalue weighted by molar-refractivity contribution is 7.08. The van der Waals surface area contributed by atoms with E-state index < -0.39 is 5.97 Å². The molecule has 5 nitrogen and oxygen atoms in total. The van der Waals surface area contributed by atoms with Crippen molar-refractivity contribution >= 4 is 23.4 Å². The minimum absolute atomic E-state index is 0.0475. The van der Waals surface area contributed by atoms with Crippen LogP contribution < -0.4 is 0 Å². The van der Waals surface area contributed by atoms with Gasteiger partial charge in [-0.1, -0.05) is 35.0 Å². The molecule has 0 saturated heterocycles. The van der Waals surface area contributed by atoms with Gasteiger partial charge in [0.15, 0.2) is 6.61 Å². The number of carbonyl (C=O) groups is 1. The molecule has 3 aromatic rings. The van der Waals surface area contributed by atoms with E-state index in [1.54, 1.807) is 17.4 Å². The zero-order valence-electron chi connectivity index (χ0n) is 12.4. The molecule has 0 amide bonds. The quantitative estimate of drug-likeness (QED) is 0.526. The molecule has 2 aromatic heterocycles. The van der Waals surface area contributed by atoms with Crippen LogP contribution >= 0.6 is 11.3 Å². The lowest BCUT2D eigenvalue weighted by atomic mass is 10.1. The third-order valence-electron chi connectivity index (χ3n) is 3.04. The second kappa shape index (κ2) is 7.02. The Hall–Kier alpha value is -2.73. The summed E-state index contributed by atoms with van der Waals surface area (Å²) in [7, 11) is 0. The number of thiophene rings is 1. The molecule has 0 aliphatic rings. The second-order valence-corrected chi connectivity index (χ2v) is 5.66. The van der Waals surface area contributed by atoms with Crippen LogP contribution in [0.25, 0.3) is 17.5 Å². The van der Waals surface area contributed by atoms with E-state index in [0.29, 0.717) is 5.82 Å². The molecule has 1 aromatic carbocycles. The zero-order chi connectivity index (χ0) is 16.1. The number of hydrogen-bond acceptors (Lipinski definition) is 6. The maximum absolute atomic E-state index is 11.7. The number of carbonyl (C=O) groups excluding carboxylic acids is 1. The Morgan fingerprint density at radius 1 is 1.39 bits per heavy atom. The molecule has 0 bridgehead atoms. The van der Waals surface area contributed by atoms with E-state index in [-0.39, 0.29) is 12.5 Å². The van der Waals surface area contributed by atoms with Crippen LogP contribution in [0.3, 0.4) is 0 Å². The summed E-state index contributed by atoms with van der Waals surface area (Å²) in [6.45, 7) is 1.95. The van der Waals surface area contributed by atoms with Gasteiger partial charge in [0, 0.05) is 17.0 Å². The number of aromatic nitrogens is 2. The fourth-order valence-electron chi connectivity index (χ4n) is 1.94. The molecule has 0 spiro atoms. The van der Waals surface area contributed by atoms with Crippen molar-refractivity contribution in [3.8, 4) is 11.4 Å². The molecule has 0 saturated carbocycles. The van der Waals surface area contributed by atoms with E-state index in [2.05, 4.69) is 10.1 Å². The fraction of sp³-hybridized carbons (Fsp3) is 0.118. The lowest BCUT2D eigenvalue weighted by molar-refractivity contribution is -0.139. The highest BCUT2D eigenvalue weighted by Gasteiger charge is 2.10. The molecule has 0 radical (unpaired) electrons. The van der Waals surface area contributed by atoms with Gasteiger partial charge in [-0.05, 0) is 30.0 Å². The van der Waals surface area contributed by atoms with Crippen LogP contribution in [-0.4, -0.2) is 16.1 Å². The minimum atomic E-state index is -0.457. The molecular formula is C17H14N2O3S. The minimum Gasteiger partial charge on any atom is -0.452 e.